The lowest BCUT2D eigenvalue weighted by Gasteiger charge is -2.05. The molecule has 0 bridgehead atoms. The zero-order valence-corrected chi connectivity index (χ0v) is 8.53. The van der Waals surface area contributed by atoms with Crippen LogP contribution >= 0.6 is 11.6 Å². The number of nitrogens with zero attached hydrogens (tertiary/aromatic N) is 2. The van der Waals surface area contributed by atoms with Crippen LogP contribution in [-0.4, -0.2) is 10.1 Å². The molecule has 2 heterocycles. The highest BCUT2D eigenvalue weighted by Crippen LogP contribution is 2.21. The molecule has 2 rings (SSSR count). The molecule has 6 heteroatoms. The monoisotopic (exact) mass is 224 g/mol. The molecule has 0 amide bonds. The third-order valence-electron chi connectivity index (χ3n) is 1.79. The molecule has 0 atom stereocenters. The molecule has 78 valence electrons. The van der Waals surface area contributed by atoms with Crippen LogP contribution in [0.4, 0.5) is 11.5 Å². The van der Waals surface area contributed by atoms with Crippen LogP contribution in [0.1, 0.15) is 5.69 Å². The van der Waals surface area contributed by atoms with Gasteiger partial charge in [0.15, 0.2) is 0 Å². The first kappa shape index (κ1) is 9.79. The standard InChI is InChI=1S/C9H9ClN4O/c10-8-3-6(11)4-12-9(8)13-5-7-1-2-15-14-7/h1-4H,5,11H2,(H,12,13). The van der Waals surface area contributed by atoms with Crippen molar-refractivity contribution in [3.8, 4) is 0 Å². The van der Waals surface area contributed by atoms with Gasteiger partial charge in [-0.3, -0.25) is 0 Å². The first-order valence-electron chi connectivity index (χ1n) is 4.30. The number of rotatable bonds is 3. The van der Waals surface area contributed by atoms with Crippen molar-refractivity contribution in [1.82, 2.24) is 10.1 Å². The number of hydrogen-bond acceptors (Lipinski definition) is 5. The molecule has 0 aliphatic carbocycles. The fourth-order valence-electron chi connectivity index (χ4n) is 1.09. The quantitative estimate of drug-likeness (QED) is 0.833. The Morgan fingerprint density at radius 3 is 3.07 bits per heavy atom. The van der Waals surface area contributed by atoms with Gasteiger partial charge in [-0.25, -0.2) is 4.98 Å². The van der Waals surface area contributed by atoms with E-state index in [1.807, 2.05) is 0 Å². The summed E-state index contributed by atoms with van der Waals surface area (Å²) in [6.07, 6.45) is 3.05. The highest BCUT2D eigenvalue weighted by Gasteiger charge is 2.02. The van der Waals surface area contributed by atoms with Crippen molar-refractivity contribution in [2.24, 2.45) is 0 Å². The molecule has 0 radical (unpaired) electrons. The van der Waals surface area contributed by atoms with E-state index in [9.17, 15) is 0 Å². The van der Waals surface area contributed by atoms with Crippen LogP contribution in [0.3, 0.4) is 0 Å². The first-order valence-corrected chi connectivity index (χ1v) is 4.67. The minimum atomic E-state index is 0.485. The predicted octanol–water partition coefficient (Wildman–Crippen LogP) is 1.92. The number of halogens is 1. The fourth-order valence-corrected chi connectivity index (χ4v) is 1.33. The van der Waals surface area contributed by atoms with E-state index in [1.54, 1.807) is 12.1 Å². The molecule has 0 aromatic carbocycles. The van der Waals surface area contributed by atoms with E-state index in [2.05, 4.69) is 20.0 Å². The highest BCUT2D eigenvalue weighted by atomic mass is 35.5. The maximum absolute atomic E-state index is 5.92. The van der Waals surface area contributed by atoms with Crippen molar-refractivity contribution < 1.29 is 4.52 Å². The summed E-state index contributed by atoms with van der Waals surface area (Å²) in [6.45, 7) is 0.507. The molecule has 2 aromatic heterocycles. The maximum atomic E-state index is 5.92. The molecule has 0 aliphatic heterocycles. The Morgan fingerprint density at radius 1 is 1.53 bits per heavy atom. The second-order valence-electron chi connectivity index (χ2n) is 2.94. The third-order valence-corrected chi connectivity index (χ3v) is 2.08. The second-order valence-corrected chi connectivity index (χ2v) is 3.35. The average Bonchev–Trinajstić information content (AvgIpc) is 2.69. The topological polar surface area (TPSA) is 77.0 Å². The first-order chi connectivity index (χ1) is 7.25. The van der Waals surface area contributed by atoms with E-state index in [4.69, 9.17) is 17.3 Å². The summed E-state index contributed by atoms with van der Waals surface area (Å²) in [6, 6.07) is 3.40. The van der Waals surface area contributed by atoms with Crippen LogP contribution in [0, 0.1) is 0 Å². The second kappa shape index (κ2) is 4.18. The van der Waals surface area contributed by atoms with Crippen molar-refractivity contribution in [1.29, 1.82) is 0 Å². The molecule has 0 unspecified atom stereocenters. The average molecular weight is 225 g/mol. The van der Waals surface area contributed by atoms with Gasteiger partial charge in [-0.05, 0) is 6.07 Å². The molecule has 0 saturated carbocycles. The minimum absolute atomic E-state index is 0.485. The largest absolute Gasteiger partial charge is 0.397 e. The summed E-state index contributed by atoms with van der Waals surface area (Å²) >= 11 is 5.92. The summed E-state index contributed by atoms with van der Waals surface area (Å²) in [5.74, 6) is 0.578. The number of hydrogen-bond donors (Lipinski definition) is 2. The zero-order chi connectivity index (χ0) is 10.7. The molecule has 15 heavy (non-hydrogen) atoms. The van der Waals surface area contributed by atoms with Gasteiger partial charge in [-0.2, -0.15) is 0 Å². The van der Waals surface area contributed by atoms with E-state index in [0.717, 1.165) is 5.69 Å². The Morgan fingerprint density at radius 2 is 2.40 bits per heavy atom. The van der Waals surface area contributed by atoms with Crippen LogP contribution < -0.4 is 11.1 Å². The van der Waals surface area contributed by atoms with Crippen molar-refractivity contribution >= 4 is 23.1 Å². The Labute approximate surface area is 91.2 Å². The Bertz CT molecular complexity index is 443. The van der Waals surface area contributed by atoms with Crippen molar-refractivity contribution in [2.45, 2.75) is 6.54 Å². The number of nitrogens with two attached hydrogens (primary N) is 1. The van der Waals surface area contributed by atoms with E-state index >= 15 is 0 Å². The van der Waals surface area contributed by atoms with Crippen molar-refractivity contribution in [3.63, 3.8) is 0 Å². The van der Waals surface area contributed by atoms with Gasteiger partial charge in [0.25, 0.3) is 0 Å². The van der Waals surface area contributed by atoms with Crippen LogP contribution in [0.5, 0.6) is 0 Å². The molecule has 0 saturated heterocycles. The Balaban J connectivity index is 2.05. The van der Waals surface area contributed by atoms with E-state index in [1.165, 1.54) is 12.5 Å². The SMILES string of the molecule is Nc1cnc(NCc2ccon2)c(Cl)c1. The summed E-state index contributed by atoms with van der Waals surface area (Å²) in [5, 5.41) is 7.25. The molecular formula is C9H9ClN4O. The normalized spacial score (nSPS) is 10.2. The van der Waals surface area contributed by atoms with E-state index in [0.29, 0.717) is 23.1 Å². The maximum Gasteiger partial charge on any atom is 0.145 e. The molecular weight excluding hydrogens is 216 g/mol. The summed E-state index contributed by atoms with van der Waals surface area (Å²) < 4.78 is 4.69. The lowest BCUT2D eigenvalue weighted by Crippen LogP contribution is -2.02. The highest BCUT2D eigenvalue weighted by molar-refractivity contribution is 6.33. The smallest absolute Gasteiger partial charge is 0.145 e. The fraction of sp³-hybridized carbons (Fsp3) is 0.111. The number of pyridine rings is 1. The van der Waals surface area contributed by atoms with E-state index in [-0.39, 0.29) is 0 Å². The number of anilines is 2. The van der Waals surface area contributed by atoms with Gasteiger partial charge in [0.1, 0.15) is 17.8 Å². The molecule has 2 aromatic rings. The Kier molecular flexibility index (Phi) is 2.73. The summed E-state index contributed by atoms with van der Waals surface area (Å²) in [4.78, 5) is 4.05. The number of nitrogen functional groups attached to an aromatic ring is 1. The van der Waals surface area contributed by atoms with Gasteiger partial charge in [-0.1, -0.05) is 16.8 Å². The molecule has 0 spiro atoms. The third kappa shape index (κ3) is 2.38. The van der Waals surface area contributed by atoms with Crippen molar-refractivity contribution in [2.75, 3.05) is 11.1 Å². The molecule has 0 aliphatic rings. The van der Waals surface area contributed by atoms with Gasteiger partial charge < -0.3 is 15.6 Å². The number of aromatic nitrogens is 2. The minimum Gasteiger partial charge on any atom is -0.397 e. The zero-order valence-electron chi connectivity index (χ0n) is 7.77. The van der Waals surface area contributed by atoms with Crippen LogP contribution in [0.25, 0.3) is 0 Å². The van der Waals surface area contributed by atoms with Gasteiger partial charge in [0.2, 0.25) is 0 Å². The summed E-state index contributed by atoms with van der Waals surface area (Å²) in [5.41, 5.74) is 6.83. The van der Waals surface area contributed by atoms with Crippen LogP contribution in [0.15, 0.2) is 29.1 Å². The van der Waals surface area contributed by atoms with Gasteiger partial charge in [0.05, 0.1) is 23.5 Å². The molecule has 5 nitrogen and oxygen atoms in total. The van der Waals surface area contributed by atoms with Crippen LogP contribution in [0.2, 0.25) is 5.02 Å². The lowest BCUT2D eigenvalue weighted by molar-refractivity contribution is 0.412. The van der Waals surface area contributed by atoms with Gasteiger partial charge in [-0.15, -0.1) is 0 Å². The number of nitrogens with one attached hydrogen (secondary N) is 1. The van der Waals surface area contributed by atoms with Gasteiger partial charge in [0, 0.05) is 6.07 Å². The molecule has 0 fully saturated rings. The molecule has 3 N–H and O–H groups in total. The lowest BCUT2D eigenvalue weighted by atomic mass is 10.4. The summed E-state index contributed by atoms with van der Waals surface area (Å²) in [7, 11) is 0. The van der Waals surface area contributed by atoms with Crippen LogP contribution in [-0.2, 0) is 6.54 Å². The Hall–Kier alpha value is -1.75. The van der Waals surface area contributed by atoms with Crippen molar-refractivity contribution in [3.05, 3.63) is 35.3 Å². The predicted molar refractivity (Wildman–Crippen MR) is 57.5 cm³/mol. The van der Waals surface area contributed by atoms with E-state index < -0.39 is 0 Å². The van der Waals surface area contributed by atoms with Gasteiger partial charge >= 0.3 is 0 Å².